The summed E-state index contributed by atoms with van der Waals surface area (Å²) < 4.78 is 22.5. The quantitative estimate of drug-likeness (QED) is 0.744. The van der Waals surface area contributed by atoms with E-state index in [4.69, 9.17) is 5.73 Å². The van der Waals surface area contributed by atoms with E-state index < -0.39 is 9.84 Å². The molecule has 1 aromatic heterocycles. The first-order valence-electron chi connectivity index (χ1n) is 5.08. The number of anilines is 1. The molecule has 0 spiro atoms. The van der Waals surface area contributed by atoms with Gasteiger partial charge in [0.05, 0.1) is 17.2 Å². The van der Waals surface area contributed by atoms with Crippen LogP contribution in [0, 0.1) is 0 Å². The SMILES string of the molecule is NCc1ccnc(NC2CCS(=O)(=O)C2)n1. The van der Waals surface area contributed by atoms with E-state index in [9.17, 15) is 8.42 Å². The van der Waals surface area contributed by atoms with Crippen molar-refractivity contribution in [2.24, 2.45) is 5.73 Å². The first-order chi connectivity index (χ1) is 7.59. The fourth-order valence-electron chi connectivity index (χ4n) is 1.67. The number of nitrogens with two attached hydrogens (primary N) is 1. The molecular formula is C9H14N4O2S. The Kier molecular flexibility index (Phi) is 3.06. The maximum atomic E-state index is 11.3. The third-order valence-corrected chi connectivity index (χ3v) is 4.26. The van der Waals surface area contributed by atoms with Gasteiger partial charge < -0.3 is 11.1 Å². The fourth-order valence-corrected chi connectivity index (χ4v) is 3.34. The van der Waals surface area contributed by atoms with Crippen LogP contribution in [0.2, 0.25) is 0 Å². The van der Waals surface area contributed by atoms with Crippen molar-refractivity contribution in [3.63, 3.8) is 0 Å². The van der Waals surface area contributed by atoms with Crippen LogP contribution in [-0.4, -0.2) is 35.9 Å². The lowest BCUT2D eigenvalue weighted by Crippen LogP contribution is -2.22. The van der Waals surface area contributed by atoms with Gasteiger partial charge in [0.1, 0.15) is 0 Å². The largest absolute Gasteiger partial charge is 0.350 e. The van der Waals surface area contributed by atoms with Crippen LogP contribution in [0.5, 0.6) is 0 Å². The van der Waals surface area contributed by atoms with E-state index in [0.29, 0.717) is 18.9 Å². The Labute approximate surface area is 94.2 Å². The molecule has 1 aliphatic heterocycles. The highest BCUT2D eigenvalue weighted by Crippen LogP contribution is 2.14. The number of hydrogen-bond donors (Lipinski definition) is 2. The summed E-state index contributed by atoms with van der Waals surface area (Å²) in [7, 11) is -2.87. The van der Waals surface area contributed by atoms with Crippen molar-refractivity contribution in [1.82, 2.24) is 9.97 Å². The van der Waals surface area contributed by atoms with E-state index in [-0.39, 0.29) is 17.5 Å². The monoisotopic (exact) mass is 242 g/mol. The van der Waals surface area contributed by atoms with Crippen LogP contribution >= 0.6 is 0 Å². The van der Waals surface area contributed by atoms with Crippen LogP contribution in [0.25, 0.3) is 0 Å². The summed E-state index contributed by atoms with van der Waals surface area (Å²) in [6.07, 6.45) is 2.22. The van der Waals surface area contributed by atoms with Crippen LogP contribution in [0.4, 0.5) is 5.95 Å². The van der Waals surface area contributed by atoms with Crippen molar-refractivity contribution < 1.29 is 8.42 Å². The number of sulfone groups is 1. The lowest BCUT2D eigenvalue weighted by molar-refractivity contribution is 0.602. The highest BCUT2D eigenvalue weighted by atomic mass is 32.2. The molecule has 0 amide bonds. The second-order valence-corrected chi connectivity index (χ2v) is 6.05. The molecule has 1 atom stereocenters. The van der Waals surface area contributed by atoms with E-state index in [2.05, 4.69) is 15.3 Å². The Morgan fingerprint density at radius 2 is 2.38 bits per heavy atom. The van der Waals surface area contributed by atoms with E-state index in [0.717, 1.165) is 5.69 Å². The van der Waals surface area contributed by atoms with Crippen molar-refractivity contribution in [3.05, 3.63) is 18.0 Å². The molecule has 1 aliphatic rings. The molecule has 1 fully saturated rings. The van der Waals surface area contributed by atoms with Crippen LogP contribution < -0.4 is 11.1 Å². The normalized spacial score (nSPS) is 23.2. The minimum absolute atomic E-state index is 0.0852. The zero-order chi connectivity index (χ0) is 11.6. The number of nitrogens with one attached hydrogen (secondary N) is 1. The molecule has 0 radical (unpaired) electrons. The van der Waals surface area contributed by atoms with Crippen LogP contribution in [-0.2, 0) is 16.4 Å². The maximum Gasteiger partial charge on any atom is 0.223 e. The van der Waals surface area contributed by atoms with E-state index >= 15 is 0 Å². The van der Waals surface area contributed by atoms with Gasteiger partial charge in [-0.05, 0) is 12.5 Å². The summed E-state index contributed by atoms with van der Waals surface area (Å²) in [4.78, 5) is 8.19. The van der Waals surface area contributed by atoms with Crippen LogP contribution in [0.15, 0.2) is 12.3 Å². The summed E-state index contributed by atoms with van der Waals surface area (Å²) >= 11 is 0. The molecule has 1 saturated heterocycles. The average Bonchev–Trinajstić information content (AvgIpc) is 2.58. The molecule has 0 aromatic carbocycles. The molecule has 6 nitrogen and oxygen atoms in total. The molecular weight excluding hydrogens is 228 g/mol. The fraction of sp³-hybridized carbons (Fsp3) is 0.556. The van der Waals surface area contributed by atoms with Gasteiger partial charge in [-0.3, -0.25) is 0 Å². The molecule has 0 saturated carbocycles. The summed E-state index contributed by atoms with van der Waals surface area (Å²) in [5.74, 6) is 0.842. The topological polar surface area (TPSA) is 98.0 Å². The Hall–Kier alpha value is -1.21. The average molecular weight is 242 g/mol. The molecule has 88 valence electrons. The number of aromatic nitrogens is 2. The predicted molar refractivity (Wildman–Crippen MR) is 60.6 cm³/mol. The van der Waals surface area contributed by atoms with Gasteiger partial charge in [0.15, 0.2) is 9.84 Å². The van der Waals surface area contributed by atoms with Crippen LogP contribution in [0.1, 0.15) is 12.1 Å². The van der Waals surface area contributed by atoms with E-state index in [1.165, 1.54) is 0 Å². The second-order valence-electron chi connectivity index (χ2n) is 3.82. The van der Waals surface area contributed by atoms with Gasteiger partial charge in [0, 0.05) is 18.8 Å². The van der Waals surface area contributed by atoms with Gasteiger partial charge in [0.25, 0.3) is 0 Å². The van der Waals surface area contributed by atoms with Crippen molar-refractivity contribution in [1.29, 1.82) is 0 Å². The van der Waals surface area contributed by atoms with Crippen molar-refractivity contribution >= 4 is 15.8 Å². The summed E-state index contributed by atoms with van der Waals surface area (Å²) in [6, 6.07) is 1.65. The molecule has 0 bridgehead atoms. The lowest BCUT2D eigenvalue weighted by atomic mass is 10.3. The van der Waals surface area contributed by atoms with Crippen molar-refractivity contribution in [3.8, 4) is 0 Å². The van der Waals surface area contributed by atoms with Gasteiger partial charge in [-0.15, -0.1) is 0 Å². The van der Waals surface area contributed by atoms with Gasteiger partial charge in [-0.25, -0.2) is 18.4 Å². The van der Waals surface area contributed by atoms with E-state index in [1.54, 1.807) is 12.3 Å². The zero-order valence-electron chi connectivity index (χ0n) is 8.76. The van der Waals surface area contributed by atoms with Gasteiger partial charge >= 0.3 is 0 Å². The summed E-state index contributed by atoms with van der Waals surface area (Å²) in [5, 5.41) is 3.01. The minimum Gasteiger partial charge on any atom is -0.350 e. The molecule has 3 N–H and O–H groups in total. The number of nitrogens with zero attached hydrogens (tertiary/aromatic N) is 2. The first kappa shape index (κ1) is 11.3. The van der Waals surface area contributed by atoms with E-state index in [1.807, 2.05) is 0 Å². The molecule has 7 heteroatoms. The highest BCUT2D eigenvalue weighted by Gasteiger charge is 2.28. The maximum absolute atomic E-state index is 11.3. The molecule has 2 rings (SSSR count). The Morgan fingerprint density at radius 3 is 3.00 bits per heavy atom. The Morgan fingerprint density at radius 1 is 1.56 bits per heavy atom. The second kappa shape index (κ2) is 4.34. The smallest absolute Gasteiger partial charge is 0.223 e. The molecule has 0 aliphatic carbocycles. The lowest BCUT2D eigenvalue weighted by Gasteiger charge is -2.10. The van der Waals surface area contributed by atoms with Gasteiger partial charge in [-0.1, -0.05) is 0 Å². The molecule has 1 aromatic rings. The minimum atomic E-state index is -2.87. The Balaban J connectivity index is 2.04. The first-order valence-corrected chi connectivity index (χ1v) is 6.90. The van der Waals surface area contributed by atoms with Crippen molar-refractivity contribution in [2.75, 3.05) is 16.8 Å². The standard InChI is InChI=1S/C9H14N4O2S/c10-5-7-1-3-11-9(12-7)13-8-2-4-16(14,15)6-8/h1,3,8H,2,4-6,10H2,(H,11,12,13). The highest BCUT2D eigenvalue weighted by molar-refractivity contribution is 7.91. The van der Waals surface area contributed by atoms with Crippen molar-refractivity contribution in [2.45, 2.75) is 19.0 Å². The summed E-state index contributed by atoms with van der Waals surface area (Å²) in [6.45, 7) is 0.347. The van der Waals surface area contributed by atoms with Gasteiger partial charge in [0.2, 0.25) is 5.95 Å². The van der Waals surface area contributed by atoms with Crippen LogP contribution in [0.3, 0.4) is 0 Å². The zero-order valence-corrected chi connectivity index (χ0v) is 9.57. The number of hydrogen-bond acceptors (Lipinski definition) is 6. The third kappa shape index (κ3) is 2.67. The molecule has 16 heavy (non-hydrogen) atoms. The Bertz CT molecular complexity index is 474. The molecule has 1 unspecified atom stereocenters. The predicted octanol–water partition coefficient (Wildman–Crippen LogP) is -0.466. The molecule has 2 heterocycles. The van der Waals surface area contributed by atoms with Gasteiger partial charge in [-0.2, -0.15) is 0 Å². The third-order valence-electron chi connectivity index (χ3n) is 2.49. The summed E-state index contributed by atoms with van der Waals surface area (Å²) in [5.41, 5.74) is 6.19. The number of rotatable bonds is 3.